The van der Waals surface area contributed by atoms with Crippen molar-refractivity contribution in [3.05, 3.63) is 29.8 Å². The summed E-state index contributed by atoms with van der Waals surface area (Å²) in [6.45, 7) is 3.12. The fourth-order valence-electron chi connectivity index (χ4n) is 1.51. The molecule has 1 aromatic carbocycles. The van der Waals surface area contributed by atoms with Crippen molar-refractivity contribution in [3.8, 4) is 0 Å². The van der Waals surface area contributed by atoms with Gasteiger partial charge < -0.3 is 10.8 Å². The highest BCUT2D eigenvalue weighted by Gasteiger charge is 2.30. The highest BCUT2D eigenvalue weighted by Crippen LogP contribution is 2.30. The Bertz CT molecular complexity index is 452. The van der Waals surface area contributed by atoms with Crippen molar-refractivity contribution in [3.63, 3.8) is 0 Å². The molecule has 2 unspecified atom stereocenters. The molecule has 0 heterocycles. The molecule has 0 aliphatic rings. The molecular weight excluding hydrogens is 260 g/mol. The van der Waals surface area contributed by atoms with Crippen LogP contribution >= 0.6 is 11.8 Å². The van der Waals surface area contributed by atoms with E-state index in [0.29, 0.717) is 0 Å². The quantitative estimate of drug-likeness (QED) is 0.811. The number of halogens is 2. The van der Waals surface area contributed by atoms with Gasteiger partial charge in [0.15, 0.2) is 0 Å². The van der Waals surface area contributed by atoms with Crippen molar-refractivity contribution in [2.24, 2.45) is 5.73 Å². The van der Waals surface area contributed by atoms with Gasteiger partial charge in [-0.25, -0.2) is 8.78 Å². The number of hydrogen-bond donors (Lipinski definition) is 2. The van der Waals surface area contributed by atoms with Gasteiger partial charge in [0, 0.05) is 10.1 Å². The Balaban J connectivity index is 2.73. The van der Waals surface area contributed by atoms with E-state index in [4.69, 9.17) is 10.8 Å². The summed E-state index contributed by atoms with van der Waals surface area (Å²) in [4.78, 5) is 11.0. The third-order valence-electron chi connectivity index (χ3n) is 2.42. The predicted molar refractivity (Wildman–Crippen MR) is 66.5 cm³/mol. The highest BCUT2D eigenvalue weighted by molar-refractivity contribution is 8.00. The molecule has 0 saturated heterocycles. The summed E-state index contributed by atoms with van der Waals surface area (Å²) in [6, 6.07) is 3.17. The average molecular weight is 275 g/mol. The zero-order chi connectivity index (χ0) is 13.9. The number of benzene rings is 1. The normalized spacial score (nSPS) is 16.1. The molecule has 2 atom stereocenters. The molecular formula is C12H15F2NO2S. The third-order valence-corrected chi connectivity index (χ3v) is 3.56. The number of carboxylic acid groups (broad SMARTS) is 1. The first-order valence-electron chi connectivity index (χ1n) is 5.36. The fourth-order valence-corrected chi connectivity index (χ4v) is 2.73. The Labute approximate surface area is 108 Å². The number of aliphatic carboxylic acids is 1. The van der Waals surface area contributed by atoms with Crippen molar-refractivity contribution in [1.82, 2.24) is 0 Å². The molecule has 100 valence electrons. The van der Waals surface area contributed by atoms with Gasteiger partial charge in [0.2, 0.25) is 0 Å². The standard InChI is InChI=1S/C12H15F2NO2S/c1-7(6-12(2,15)11(16)17)18-10-5-8(13)3-4-9(10)14/h3-5,7H,6,15H2,1-2H3,(H,16,17). The maximum absolute atomic E-state index is 13.4. The maximum Gasteiger partial charge on any atom is 0.323 e. The van der Waals surface area contributed by atoms with E-state index in [0.717, 1.165) is 30.0 Å². The molecule has 1 rings (SSSR count). The largest absolute Gasteiger partial charge is 0.480 e. The van der Waals surface area contributed by atoms with Crippen LogP contribution in [0.4, 0.5) is 8.78 Å². The Kier molecular flexibility index (Phi) is 4.70. The molecule has 0 spiro atoms. The zero-order valence-corrected chi connectivity index (χ0v) is 10.9. The van der Waals surface area contributed by atoms with Crippen molar-refractivity contribution in [2.45, 2.75) is 36.0 Å². The Morgan fingerprint density at radius 3 is 2.72 bits per heavy atom. The summed E-state index contributed by atoms with van der Waals surface area (Å²) >= 11 is 1.07. The second-order valence-corrected chi connectivity index (χ2v) is 5.91. The zero-order valence-electron chi connectivity index (χ0n) is 10.1. The lowest BCUT2D eigenvalue weighted by atomic mass is 9.98. The van der Waals surface area contributed by atoms with Gasteiger partial charge in [-0.15, -0.1) is 11.8 Å². The molecule has 0 fully saturated rings. The van der Waals surface area contributed by atoms with Crippen LogP contribution in [0.25, 0.3) is 0 Å². The van der Waals surface area contributed by atoms with Crippen LogP contribution in [-0.2, 0) is 4.79 Å². The van der Waals surface area contributed by atoms with Gasteiger partial charge in [-0.3, -0.25) is 4.79 Å². The minimum atomic E-state index is -1.38. The van der Waals surface area contributed by atoms with Crippen LogP contribution in [0.15, 0.2) is 23.1 Å². The van der Waals surface area contributed by atoms with Crippen LogP contribution in [0.3, 0.4) is 0 Å². The summed E-state index contributed by atoms with van der Waals surface area (Å²) in [6.07, 6.45) is 0.156. The second kappa shape index (κ2) is 5.67. The molecule has 18 heavy (non-hydrogen) atoms. The van der Waals surface area contributed by atoms with Gasteiger partial charge in [-0.05, 0) is 31.5 Å². The van der Waals surface area contributed by atoms with Crippen LogP contribution in [0.2, 0.25) is 0 Å². The monoisotopic (exact) mass is 275 g/mol. The lowest BCUT2D eigenvalue weighted by molar-refractivity contribution is -0.142. The molecule has 0 aliphatic carbocycles. The lowest BCUT2D eigenvalue weighted by Crippen LogP contribution is -2.46. The number of carbonyl (C=O) groups is 1. The van der Waals surface area contributed by atoms with E-state index >= 15 is 0 Å². The molecule has 6 heteroatoms. The Morgan fingerprint density at radius 1 is 1.56 bits per heavy atom. The van der Waals surface area contributed by atoms with E-state index in [9.17, 15) is 13.6 Å². The smallest absolute Gasteiger partial charge is 0.323 e. The van der Waals surface area contributed by atoms with E-state index in [-0.39, 0.29) is 16.6 Å². The summed E-state index contributed by atoms with van der Waals surface area (Å²) < 4.78 is 26.4. The van der Waals surface area contributed by atoms with Crippen LogP contribution in [0, 0.1) is 11.6 Å². The first-order valence-corrected chi connectivity index (χ1v) is 6.24. The molecule has 0 radical (unpaired) electrons. The topological polar surface area (TPSA) is 63.3 Å². The highest BCUT2D eigenvalue weighted by atomic mass is 32.2. The summed E-state index contributed by atoms with van der Waals surface area (Å²) in [5, 5.41) is 8.64. The van der Waals surface area contributed by atoms with Crippen molar-refractivity contribution < 1.29 is 18.7 Å². The van der Waals surface area contributed by atoms with Crippen molar-refractivity contribution >= 4 is 17.7 Å². The van der Waals surface area contributed by atoms with E-state index in [1.165, 1.54) is 6.92 Å². The van der Waals surface area contributed by atoms with Gasteiger partial charge in [-0.2, -0.15) is 0 Å². The van der Waals surface area contributed by atoms with Gasteiger partial charge in [0.25, 0.3) is 0 Å². The molecule has 0 saturated carbocycles. The summed E-state index contributed by atoms with van der Waals surface area (Å²) in [7, 11) is 0. The second-order valence-electron chi connectivity index (χ2n) is 4.43. The van der Waals surface area contributed by atoms with Crippen LogP contribution in [0.5, 0.6) is 0 Å². The predicted octanol–water partition coefficient (Wildman–Crippen LogP) is 2.64. The molecule has 1 aromatic rings. The summed E-state index contributed by atoms with van der Waals surface area (Å²) in [5.41, 5.74) is 4.22. The first kappa shape index (κ1) is 14.9. The SMILES string of the molecule is CC(CC(C)(N)C(=O)O)Sc1cc(F)ccc1F. The van der Waals surface area contributed by atoms with Crippen LogP contribution in [-0.4, -0.2) is 21.9 Å². The van der Waals surface area contributed by atoms with Crippen LogP contribution in [0.1, 0.15) is 20.3 Å². The molecule has 0 aromatic heterocycles. The number of nitrogens with two attached hydrogens (primary N) is 1. The Hall–Kier alpha value is -1.14. The molecule has 0 aliphatic heterocycles. The maximum atomic E-state index is 13.4. The minimum absolute atomic E-state index is 0.156. The average Bonchev–Trinajstić information content (AvgIpc) is 2.22. The number of hydrogen-bond acceptors (Lipinski definition) is 3. The molecule has 3 N–H and O–H groups in total. The van der Waals surface area contributed by atoms with Crippen molar-refractivity contribution in [1.29, 1.82) is 0 Å². The van der Waals surface area contributed by atoms with E-state index in [2.05, 4.69) is 0 Å². The molecule has 3 nitrogen and oxygen atoms in total. The fraction of sp³-hybridized carbons (Fsp3) is 0.417. The van der Waals surface area contributed by atoms with E-state index < -0.39 is 23.1 Å². The third kappa shape index (κ3) is 3.96. The van der Waals surface area contributed by atoms with Gasteiger partial charge in [0.05, 0.1) is 0 Å². The Morgan fingerprint density at radius 2 is 2.17 bits per heavy atom. The summed E-state index contributed by atoms with van der Waals surface area (Å²) in [5.74, 6) is -2.17. The van der Waals surface area contributed by atoms with E-state index in [1.54, 1.807) is 6.92 Å². The number of rotatable bonds is 5. The first-order chi connectivity index (χ1) is 8.22. The number of thioether (sulfide) groups is 1. The molecule has 0 amide bonds. The van der Waals surface area contributed by atoms with Gasteiger partial charge >= 0.3 is 5.97 Å². The number of carboxylic acids is 1. The van der Waals surface area contributed by atoms with E-state index in [1.807, 2.05) is 0 Å². The van der Waals surface area contributed by atoms with Crippen molar-refractivity contribution in [2.75, 3.05) is 0 Å². The van der Waals surface area contributed by atoms with Crippen LogP contribution < -0.4 is 5.73 Å². The minimum Gasteiger partial charge on any atom is -0.480 e. The van der Waals surface area contributed by atoms with Gasteiger partial charge in [-0.1, -0.05) is 6.92 Å². The lowest BCUT2D eigenvalue weighted by Gasteiger charge is -2.23. The van der Waals surface area contributed by atoms with Gasteiger partial charge in [0.1, 0.15) is 17.2 Å². The molecule has 0 bridgehead atoms.